The van der Waals surface area contributed by atoms with Crippen LogP contribution in [0, 0.1) is 0 Å². The molecule has 27 heavy (non-hydrogen) atoms. The summed E-state index contributed by atoms with van der Waals surface area (Å²) in [6.07, 6.45) is 6.37. The number of amides is 1. The molecule has 2 aliphatic rings. The van der Waals surface area contributed by atoms with Crippen molar-refractivity contribution in [2.24, 2.45) is 0 Å². The van der Waals surface area contributed by atoms with Gasteiger partial charge in [-0.2, -0.15) is 0 Å². The molecule has 2 aliphatic heterocycles. The molecule has 5 heteroatoms. The fourth-order valence-electron chi connectivity index (χ4n) is 3.39. The summed E-state index contributed by atoms with van der Waals surface area (Å²) in [4.78, 5) is 12.2. The van der Waals surface area contributed by atoms with E-state index < -0.39 is 0 Å². The number of anilines is 2. The number of hydrogen-bond donors (Lipinski definition) is 2. The third-order valence-electron chi connectivity index (χ3n) is 4.89. The first kappa shape index (κ1) is 17.6. The van der Waals surface area contributed by atoms with Crippen molar-refractivity contribution < 1.29 is 14.3 Å². The van der Waals surface area contributed by atoms with E-state index in [1.54, 1.807) is 6.08 Å². The van der Waals surface area contributed by atoms with Crippen molar-refractivity contribution in [1.29, 1.82) is 0 Å². The van der Waals surface area contributed by atoms with Crippen LogP contribution >= 0.6 is 0 Å². The molecule has 0 bridgehead atoms. The van der Waals surface area contributed by atoms with Crippen LogP contribution in [-0.4, -0.2) is 31.8 Å². The highest BCUT2D eigenvalue weighted by molar-refractivity contribution is 6.02. The molecule has 2 heterocycles. The van der Waals surface area contributed by atoms with Crippen LogP contribution in [0.4, 0.5) is 11.4 Å². The van der Waals surface area contributed by atoms with Crippen LogP contribution in [0.2, 0.25) is 0 Å². The summed E-state index contributed by atoms with van der Waals surface area (Å²) in [6, 6.07) is 14.3. The standard InChI is InChI=1S/C22H24N2O3/c25-22(8-2-16-1-7-21-17(15-16)9-14-27-21)24-19-5-3-18(4-6-19)23-20-10-12-26-13-11-20/h1-8,15,20,23H,9-14H2,(H,24,25)/b8-2+. The lowest BCUT2D eigenvalue weighted by Crippen LogP contribution is -2.27. The second-order valence-corrected chi connectivity index (χ2v) is 6.90. The van der Waals surface area contributed by atoms with E-state index in [0.29, 0.717) is 6.04 Å². The maximum absolute atomic E-state index is 12.2. The van der Waals surface area contributed by atoms with Crippen LogP contribution in [0.15, 0.2) is 48.5 Å². The molecule has 1 saturated heterocycles. The zero-order chi connectivity index (χ0) is 18.5. The molecule has 140 valence electrons. The minimum atomic E-state index is -0.142. The highest BCUT2D eigenvalue weighted by atomic mass is 16.5. The topological polar surface area (TPSA) is 59.6 Å². The number of hydrogen-bond acceptors (Lipinski definition) is 4. The van der Waals surface area contributed by atoms with Crippen molar-refractivity contribution in [2.75, 3.05) is 30.5 Å². The van der Waals surface area contributed by atoms with E-state index in [0.717, 1.165) is 61.8 Å². The third-order valence-corrected chi connectivity index (χ3v) is 4.89. The highest BCUT2D eigenvalue weighted by Gasteiger charge is 2.13. The largest absolute Gasteiger partial charge is 0.493 e. The maximum Gasteiger partial charge on any atom is 0.248 e. The molecule has 0 atom stereocenters. The van der Waals surface area contributed by atoms with Gasteiger partial charge in [-0.3, -0.25) is 4.79 Å². The molecular weight excluding hydrogens is 340 g/mol. The smallest absolute Gasteiger partial charge is 0.248 e. The second kappa shape index (κ2) is 8.27. The Labute approximate surface area is 159 Å². The quantitative estimate of drug-likeness (QED) is 0.791. The normalized spacial score (nSPS) is 16.7. The monoisotopic (exact) mass is 364 g/mol. The predicted octanol–water partition coefficient (Wildman–Crippen LogP) is 3.86. The molecular formula is C22H24N2O3. The van der Waals surface area contributed by atoms with Crippen LogP contribution in [-0.2, 0) is 16.0 Å². The maximum atomic E-state index is 12.2. The molecule has 0 aliphatic carbocycles. The fourth-order valence-corrected chi connectivity index (χ4v) is 3.39. The van der Waals surface area contributed by atoms with Gasteiger partial charge < -0.3 is 20.1 Å². The Kier molecular flexibility index (Phi) is 5.39. The predicted molar refractivity (Wildman–Crippen MR) is 107 cm³/mol. The Morgan fingerprint density at radius 3 is 2.59 bits per heavy atom. The Morgan fingerprint density at radius 1 is 1.00 bits per heavy atom. The molecule has 1 amide bonds. The number of fused-ring (bicyclic) bond motifs is 1. The number of nitrogens with one attached hydrogen (secondary N) is 2. The lowest BCUT2D eigenvalue weighted by molar-refractivity contribution is -0.111. The van der Waals surface area contributed by atoms with Crippen LogP contribution in [0.1, 0.15) is 24.0 Å². The van der Waals surface area contributed by atoms with E-state index in [2.05, 4.69) is 16.7 Å². The summed E-state index contributed by atoms with van der Waals surface area (Å²) in [5.41, 5.74) is 4.05. The number of benzene rings is 2. The summed E-state index contributed by atoms with van der Waals surface area (Å²) < 4.78 is 10.9. The molecule has 2 aromatic rings. The first-order valence-electron chi connectivity index (χ1n) is 9.45. The molecule has 5 nitrogen and oxygen atoms in total. The average Bonchev–Trinajstić information content (AvgIpc) is 3.17. The minimum absolute atomic E-state index is 0.142. The molecule has 0 spiro atoms. The van der Waals surface area contributed by atoms with E-state index in [4.69, 9.17) is 9.47 Å². The van der Waals surface area contributed by atoms with E-state index in [1.165, 1.54) is 5.56 Å². The van der Waals surface area contributed by atoms with Crippen molar-refractivity contribution in [3.05, 3.63) is 59.7 Å². The Bertz CT molecular complexity index is 824. The van der Waals surface area contributed by atoms with Gasteiger partial charge in [-0.05, 0) is 66.4 Å². The van der Waals surface area contributed by atoms with Crippen LogP contribution in [0.5, 0.6) is 5.75 Å². The van der Waals surface area contributed by atoms with Crippen molar-refractivity contribution in [1.82, 2.24) is 0 Å². The van der Waals surface area contributed by atoms with Gasteiger partial charge in [-0.15, -0.1) is 0 Å². The lowest BCUT2D eigenvalue weighted by atomic mass is 10.1. The number of ether oxygens (including phenoxy) is 2. The van der Waals surface area contributed by atoms with Gasteiger partial charge in [-0.1, -0.05) is 6.07 Å². The first-order chi connectivity index (χ1) is 13.3. The van der Waals surface area contributed by atoms with Gasteiger partial charge >= 0.3 is 0 Å². The summed E-state index contributed by atoms with van der Waals surface area (Å²) in [7, 11) is 0. The van der Waals surface area contributed by atoms with Crippen molar-refractivity contribution >= 4 is 23.4 Å². The second-order valence-electron chi connectivity index (χ2n) is 6.90. The summed E-state index contributed by atoms with van der Waals surface area (Å²) in [6.45, 7) is 2.37. The highest BCUT2D eigenvalue weighted by Crippen LogP contribution is 2.26. The van der Waals surface area contributed by atoms with Crippen LogP contribution in [0.3, 0.4) is 0 Å². The van der Waals surface area contributed by atoms with Crippen molar-refractivity contribution in [2.45, 2.75) is 25.3 Å². The number of carbonyl (C=O) groups excluding carboxylic acids is 1. The molecule has 1 fully saturated rings. The summed E-state index contributed by atoms with van der Waals surface area (Å²) in [5.74, 6) is 0.808. The Balaban J connectivity index is 1.31. The van der Waals surface area contributed by atoms with E-state index in [1.807, 2.05) is 42.5 Å². The Morgan fingerprint density at radius 2 is 1.78 bits per heavy atom. The van der Waals surface area contributed by atoms with Crippen molar-refractivity contribution in [3.8, 4) is 5.75 Å². The van der Waals surface area contributed by atoms with Crippen molar-refractivity contribution in [3.63, 3.8) is 0 Å². The van der Waals surface area contributed by atoms with Gasteiger partial charge in [0.05, 0.1) is 6.61 Å². The van der Waals surface area contributed by atoms with Gasteiger partial charge in [0.1, 0.15) is 5.75 Å². The molecule has 0 saturated carbocycles. The van der Waals surface area contributed by atoms with Crippen LogP contribution < -0.4 is 15.4 Å². The molecule has 0 aromatic heterocycles. The molecule has 0 radical (unpaired) electrons. The minimum Gasteiger partial charge on any atom is -0.493 e. The summed E-state index contributed by atoms with van der Waals surface area (Å²) >= 11 is 0. The number of carbonyl (C=O) groups is 1. The Hall–Kier alpha value is -2.79. The third kappa shape index (κ3) is 4.68. The molecule has 2 N–H and O–H groups in total. The zero-order valence-corrected chi connectivity index (χ0v) is 15.2. The molecule has 0 unspecified atom stereocenters. The zero-order valence-electron chi connectivity index (χ0n) is 15.2. The van der Waals surface area contributed by atoms with Gasteiger partial charge in [0.15, 0.2) is 0 Å². The molecule has 2 aromatic carbocycles. The number of rotatable bonds is 5. The van der Waals surface area contributed by atoms with E-state index in [-0.39, 0.29) is 5.91 Å². The van der Waals surface area contributed by atoms with Gasteiger partial charge in [-0.25, -0.2) is 0 Å². The first-order valence-corrected chi connectivity index (χ1v) is 9.45. The van der Waals surface area contributed by atoms with Gasteiger partial charge in [0.2, 0.25) is 5.91 Å². The lowest BCUT2D eigenvalue weighted by Gasteiger charge is -2.24. The van der Waals surface area contributed by atoms with Gasteiger partial charge in [0, 0.05) is 43.1 Å². The average molecular weight is 364 g/mol. The summed E-state index contributed by atoms with van der Waals surface area (Å²) in [5, 5.41) is 6.41. The van der Waals surface area contributed by atoms with Gasteiger partial charge in [0.25, 0.3) is 0 Å². The van der Waals surface area contributed by atoms with E-state index >= 15 is 0 Å². The van der Waals surface area contributed by atoms with E-state index in [9.17, 15) is 4.79 Å². The SMILES string of the molecule is O=C(/C=C/c1ccc2c(c1)CCO2)Nc1ccc(NC2CCOCC2)cc1. The van der Waals surface area contributed by atoms with Crippen LogP contribution in [0.25, 0.3) is 6.08 Å². The molecule has 4 rings (SSSR count). The fraction of sp³-hybridized carbons (Fsp3) is 0.318.